The van der Waals surface area contributed by atoms with Gasteiger partial charge in [-0.05, 0) is 13.0 Å². The largest absolute Gasteiger partial charge is 0.486 e. The van der Waals surface area contributed by atoms with Crippen LogP contribution in [0.25, 0.3) is 0 Å². The topological polar surface area (TPSA) is 145 Å². The molecule has 2 N–H and O–H groups in total. The molecule has 0 unspecified atom stereocenters. The van der Waals surface area contributed by atoms with Crippen molar-refractivity contribution in [3.8, 4) is 11.5 Å². The fourth-order valence-electron chi connectivity index (χ4n) is 2.51. The first kappa shape index (κ1) is 18.5. The Morgan fingerprint density at radius 1 is 1.19 bits per heavy atom. The van der Waals surface area contributed by atoms with Crippen LogP contribution < -0.4 is 14.2 Å². The zero-order valence-corrected chi connectivity index (χ0v) is 14.8. The lowest BCUT2D eigenvalue weighted by Gasteiger charge is -2.20. The highest BCUT2D eigenvalue weighted by Crippen LogP contribution is 2.36. The Kier molecular flexibility index (Phi) is 4.62. The van der Waals surface area contributed by atoms with Gasteiger partial charge in [0.1, 0.15) is 13.2 Å². The van der Waals surface area contributed by atoms with Crippen molar-refractivity contribution >= 4 is 27.4 Å². The molecule has 1 aliphatic rings. The molecular weight excluding hydrogens is 380 g/mol. The predicted octanol–water partition coefficient (Wildman–Crippen LogP) is 2.17. The van der Waals surface area contributed by atoms with Crippen LogP contribution in [0.4, 0.5) is 11.4 Å². The van der Waals surface area contributed by atoms with Gasteiger partial charge in [-0.1, -0.05) is 6.07 Å². The van der Waals surface area contributed by atoms with Crippen LogP contribution in [0.2, 0.25) is 0 Å². The molecule has 1 heterocycles. The van der Waals surface area contributed by atoms with Gasteiger partial charge in [-0.3, -0.25) is 14.8 Å². The van der Waals surface area contributed by atoms with Crippen molar-refractivity contribution in [1.29, 1.82) is 0 Å². The second-order valence-corrected chi connectivity index (χ2v) is 7.34. The third kappa shape index (κ3) is 3.62. The molecule has 0 spiro atoms. The summed E-state index contributed by atoms with van der Waals surface area (Å²) in [5.41, 5.74) is -0.651. The van der Waals surface area contributed by atoms with E-state index in [9.17, 15) is 28.4 Å². The summed E-state index contributed by atoms with van der Waals surface area (Å²) in [7, 11) is -4.28. The van der Waals surface area contributed by atoms with Crippen molar-refractivity contribution in [2.24, 2.45) is 0 Å². The summed E-state index contributed by atoms with van der Waals surface area (Å²) < 4.78 is 38.1. The molecule has 2 aromatic rings. The number of sulfonamides is 1. The molecule has 27 heavy (non-hydrogen) atoms. The highest BCUT2D eigenvalue weighted by atomic mass is 32.2. The number of benzene rings is 2. The van der Waals surface area contributed by atoms with Crippen LogP contribution in [0, 0.1) is 17.0 Å². The van der Waals surface area contributed by atoms with E-state index in [1.54, 1.807) is 0 Å². The molecule has 0 aliphatic carbocycles. The Balaban J connectivity index is 2.04. The molecule has 0 saturated heterocycles. The van der Waals surface area contributed by atoms with E-state index in [0.717, 1.165) is 12.1 Å². The van der Waals surface area contributed by atoms with Crippen molar-refractivity contribution in [2.75, 3.05) is 17.9 Å². The van der Waals surface area contributed by atoms with Crippen molar-refractivity contribution in [3.05, 3.63) is 51.6 Å². The van der Waals surface area contributed by atoms with Crippen LogP contribution in [0.5, 0.6) is 11.5 Å². The molecule has 0 atom stereocenters. The van der Waals surface area contributed by atoms with Gasteiger partial charge in [0.05, 0.1) is 21.1 Å². The zero-order chi connectivity index (χ0) is 19.8. The quantitative estimate of drug-likeness (QED) is 0.580. The van der Waals surface area contributed by atoms with Gasteiger partial charge >= 0.3 is 5.97 Å². The highest BCUT2D eigenvalue weighted by molar-refractivity contribution is 7.92. The van der Waals surface area contributed by atoms with Gasteiger partial charge in [0, 0.05) is 23.8 Å². The molecule has 11 heteroatoms. The maximum Gasteiger partial charge on any atom is 0.337 e. The Hall–Kier alpha value is -3.34. The van der Waals surface area contributed by atoms with Crippen LogP contribution in [0.1, 0.15) is 15.9 Å². The normalized spacial score (nSPS) is 13.1. The number of nitro groups is 1. The number of fused-ring (bicyclic) bond motifs is 1. The van der Waals surface area contributed by atoms with Gasteiger partial charge in [0.15, 0.2) is 11.5 Å². The van der Waals surface area contributed by atoms with Crippen molar-refractivity contribution in [1.82, 2.24) is 0 Å². The fraction of sp³-hybridized carbons (Fsp3) is 0.188. The summed E-state index contributed by atoms with van der Waals surface area (Å²) in [6.45, 7) is 1.95. The summed E-state index contributed by atoms with van der Waals surface area (Å²) in [6, 6.07) is 5.78. The first-order valence-electron chi connectivity index (χ1n) is 7.64. The molecule has 0 aromatic heterocycles. The van der Waals surface area contributed by atoms with Crippen LogP contribution >= 0.6 is 0 Å². The summed E-state index contributed by atoms with van der Waals surface area (Å²) >= 11 is 0. The predicted molar refractivity (Wildman–Crippen MR) is 93.0 cm³/mol. The number of hydrogen-bond donors (Lipinski definition) is 2. The third-order valence-corrected chi connectivity index (χ3v) is 5.21. The number of aromatic carboxylic acids is 1. The van der Waals surface area contributed by atoms with E-state index >= 15 is 0 Å². The first-order chi connectivity index (χ1) is 12.7. The Morgan fingerprint density at radius 2 is 1.81 bits per heavy atom. The number of nitrogens with one attached hydrogen (secondary N) is 1. The fourth-order valence-corrected chi connectivity index (χ4v) is 3.60. The van der Waals surface area contributed by atoms with Gasteiger partial charge in [-0.2, -0.15) is 0 Å². The molecule has 0 saturated carbocycles. The number of nitrogens with zero attached hydrogens (tertiary/aromatic N) is 1. The number of nitro benzene ring substituents is 1. The van der Waals surface area contributed by atoms with Crippen LogP contribution in [0.15, 0.2) is 35.2 Å². The summed E-state index contributed by atoms with van der Waals surface area (Å²) in [5.74, 6) is -0.994. The average molecular weight is 394 g/mol. The molecular formula is C16H14N2O8S. The average Bonchev–Trinajstić information content (AvgIpc) is 2.60. The molecule has 142 valence electrons. The third-order valence-electron chi connectivity index (χ3n) is 3.84. The van der Waals surface area contributed by atoms with Crippen LogP contribution in [0.3, 0.4) is 0 Å². The summed E-state index contributed by atoms with van der Waals surface area (Å²) in [6.07, 6.45) is 0. The lowest BCUT2D eigenvalue weighted by molar-refractivity contribution is -0.385. The highest BCUT2D eigenvalue weighted by Gasteiger charge is 2.25. The second kappa shape index (κ2) is 6.76. The van der Waals surface area contributed by atoms with Crippen molar-refractivity contribution in [3.63, 3.8) is 0 Å². The Labute approximate surface area is 153 Å². The molecule has 2 aromatic carbocycles. The minimum Gasteiger partial charge on any atom is -0.486 e. The van der Waals surface area contributed by atoms with Gasteiger partial charge in [-0.15, -0.1) is 0 Å². The molecule has 1 aliphatic heterocycles. The minimum atomic E-state index is -4.28. The van der Waals surface area contributed by atoms with Gasteiger partial charge in [-0.25, -0.2) is 13.2 Å². The van der Waals surface area contributed by atoms with Crippen molar-refractivity contribution in [2.45, 2.75) is 11.8 Å². The van der Waals surface area contributed by atoms with E-state index < -0.39 is 20.9 Å². The molecule has 0 bridgehead atoms. The van der Waals surface area contributed by atoms with Crippen molar-refractivity contribution < 1.29 is 32.7 Å². The van der Waals surface area contributed by atoms with E-state index in [1.807, 2.05) is 0 Å². The zero-order valence-electron chi connectivity index (χ0n) is 14.0. The van der Waals surface area contributed by atoms with Gasteiger partial charge in [0.2, 0.25) is 0 Å². The van der Waals surface area contributed by atoms with E-state index in [-0.39, 0.29) is 46.5 Å². The SMILES string of the molecule is Cc1ccc(S(=O)(=O)Nc2cc3c(cc2C(=O)O)OCCO3)cc1[N+](=O)[O-]. The Morgan fingerprint density at radius 3 is 2.41 bits per heavy atom. The molecule has 0 fully saturated rings. The number of anilines is 1. The van der Waals surface area contributed by atoms with Crippen LogP contribution in [-0.2, 0) is 10.0 Å². The number of carboxylic acid groups (broad SMARTS) is 1. The maximum atomic E-state index is 12.6. The number of carbonyl (C=O) groups is 1. The number of rotatable bonds is 5. The van der Waals surface area contributed by atoms with Crippen LogP contribution in [-0.4, -0.2) is 37.6 Å². The lowest BCUT2D eigenvalue weighted by atomic mass is 10.1. The number of carboxylic acids is 1. The smallest absolute Gasteiger partial charge is 0.337 e. The Bertz CT molecular complexity index is 1050. The molecule has 0 amide bonds. The standard InChI is InChI=1S/C16H14N2O8S/c1-9-2-3-10(6-13(9)18(21)22)27(23,24)17-12-8-15-14(25-4-5-26-15)7-11(12)16(19)20/h2-3,6-8,17H,4-5H2,1H3,(H,19,20). The van der Waals surface area contributed by atoms with Gasteiger partial charge in [0.25, 0.3) is 15.7 Å². The van der Waals surface area contributed by atoms with E-state index in [0.29, 0.717) is 5.56 Å². The van der Waals surface area contributed by atoms with E-state index in [2.05, 4.69) is 4.72 Å². The minimum absolute atomic E-state index is 0.188. The molecule has 10 nitrogen and oxygen atoms in total. The summed E-state index contributed by atoms with van der Waals surface area (Å²) in [4.78, 5) is 21.5. The molecule has 0 radical (unpaired) electrons. The lowest BCUT2D eigenvalue weighted by Crippen LogP contribution is -2.19. The first-order valence-corrected chi connectivity index (χ1v) is 9.12. The summed E-state index contributed by atoms with van der Waals surface area (Å²) in [5, 5.41) is 20.4. The molecule has 3 rings (SSSR count). The maximum absolute atomic E-state index is 12.6. The number of aryl methyl sites for hydroxylation is 1. The van der Waals surface area contributed by atoms with E-state index in [1.165, 1.54) is 25.1 Å². The number of ether oxygens (including phenoxy) is 2. The number of hydrogen-bond acceptors (Lipinski definition) is 7. The monoisotopic (exact) mass is 394 g/mol. The second-order valence-electron chi connectivity index (χ2n) is 5.66. The van der Waals surface area contributed by atoms with Gasteiger partial charge < -0.3 is 14.6 Å². The van der Waals surface area contributed by atoms with E-state index in [4.69, 9.17) is 9.47 Å².